The molecule has 0 saturated carbocycles. The lowest BCUT2D eigenvalue weighted by atomic mass is 10.0. The average Bonchev–Trinajstić information content (AvgIpc) is 3.20. The van der Waals surface area contributed by atoms with Crippen LogP contribution >= 0.6 is 0 Å². The topological polar surface area (TPSA) is 105 Å². The van der Waals surface area contributed by atoms with E-state index in [1.54, 1.807) is 37.4 Å². The number of methoxy groups -OCH3 is 1. The first-order valence-electron chi connectivity index (χ1n) is 12.9. The van der Waals surface area contributed by atoms with Crippen LogP contribution in [0.25, 0.3) is 0 Å². The first-order valence-corrected chi connectivity index (χ1v) is 14.3. The molecule has 204 valence electrons. The van der Waals surface area contributed by atoms with Crippen LogP contribution in [0, 0.1) is 13.8 Å². The fourth-order valence-corrected chi connectivity index (χ4v) is 6.27. The van der Waals surface area contributed by atoms with E-state index in [-0.39, 0.29) is 23.8 Å². The summed E-state index contributed by atoms with van der Waals surface area (Å²) in [6.45, 7) is 6.89. The van der Waals surface area contributed by atoms with Crippen LogP contribution in [0.4, 0.5) is 0 Å². The molecule has 1 aliphatic rings. The van der Waals surface area contributed by atoms with Crippen LogP contribution < -0.4 is 10.1 Å². The molecule has 0 aliphatic carbocycles. The van der Waals surface area contributed by atoms with Crippen LogP contribution in [0.15, 0.2) is 57.9 Å². The quantitative estimate of drug-likeness (QED) is 0.490. The minimum atomic E-state index is -3.68. The highest BCUT2D eigenvalue weighted by Gasteiger charge is 2.25. The van der Waals surface area contributed by atoms with Crippen molar-refractivity contribution in [3.8, 4) is 5.75 Å². The molecule has 0 radical (unpaired) electrons. The molecule has 10 heteroatoms. The Bertz CT molecular complexity index is 1320. The molecule has 1 amide bonds. The van der Waals surface area contributed by atoms with E-state index in [0.717, 1.165) is 33.9 Å². The lowest BCUT2D eigenvalue weighted by Crippen LogP contribution is -2.36. The standard InChI is InChI=1S/C28H36N4O5S/c1-21-26(22(2)37-30-21)19-24-18-23(10-11-27(24)36-3)20-31-14-7-15-32(16-12-28(33)29-13-17-31)38(34,35)25-8-5-4-6-9-25/h4-6,8-11,18H,7,12-17,19-20H2,1-3H3,(H,29,33). The van der Waals surface area contributed by atoms with Crippen molar-refractivity contribution in [2.24, 2.45) is 0 Å². The maximum Gasteiger partial charge on any atom is 0.243 e. The number of carbonyl (C=O) groups excluding carboxylic acids is 1. The zero-order chi connectivity index (χ0) is 27.1. The second-order valence-corrected chi connectivity index (χ2v) is 11.5. The van der Waals surface area contributed by atoms with Gasteiger partial charge in [0.25, 0.3) is 0 Å². The van der Waals surface area contributed by atoms with Gasteiger partial charge in [-0.3, -0.25) is 9.69 Å². The van der Waals surface area contributed by atoms with Crippen molar-refractivity contribution >= 4 is 15.9 Å². The number of hydrogen-bond donors (Lipinski definition) is 1. The van der Waals surface area contributed by atoms with Gasteiger partial charge in [0, 0.05) is 51.1 Å². The summed E-state index contributed by atoms with van der Waals surface area (Å²) >= 11 is 0. The van der Waals surface area contributed by atoms with Gasteiger partial charge in [0.15, 0.2) is 0 Å². The van der Waals surface area contributed by atoms with Gasteiger partial charge in [-0.1, -0.05) is 35.5 Å². The highest BCUT2D eigenvalue weighted by molar-refractivity contribution is 7.89. The van der Waals surface area contributed by atoms with Crippen LogP contribution in [-0.2, 0) is 27.8 Å². The number of sulfonamides is 1. The number of hydrogen-bond acceptors (Lipinski definition) is 7. The minimum Gasteiger partial charge on any atom is -0.496 e. The SMILES string of the molecule is COc1ccc(CN2CCCN(S(=O)(=O)c3ccccc3)CCC(=O)NCC2)cc1Cc1c(C)noc1C. The van der Waals surface area contributed by atoms with Gasteiger partial charge in [-0.05, 0) is 56.1 Å². The van der Waals surface area contributed by atoms with Gasteiger partial charge in [0.2, 0.25) is 15.9 Å². The third kappa shape index (κ3) is 6.80. The van der Waals surface area contributed by atoms with Gasteiger partial charge in [-0.15, -0.1) is 0 Å². The number of carbonyl (C=O) groups is 1. The maximum absolute atomic E-state index is 13.2. The summed E-state index contributed by atoms with van der Waals surface area (Å²) in [5.41, 5.74) is 4.08. The van der Waals surface area contributed by atoms with E-state index in [2.05, 4.69) is 21.4 Å². The maximum atomic E-state index is 13.2. The summed E-state index contributed by atoms with van der Waals surface area (Å²) in [6, 6.07) is 14.6. The van der Waals surface area contributed by atoms with Crippen LogP contribution in [0.2, 0.25) is 0 Å². The molecule has 1 fully saturated rings. The van der Waals surface area contributed by atoms with E-state index in [1.807, 2.05) is 26.0 Å². The van der Waals surface area contributed by atoms with Gasteiger partial charge in [-0.2, -0.15) is 4.31 Å². The molecule has 1 N–H and O–H groups in total. The Morgan fingerprint density at radius 3 is 2.55 bits per heavy atom. The lowest BCUT2D eigenvalue weighted by Gasteiger charge is -2.25. The number of rotatable bonds is 7. The van der Waals surface area contributed by atoms with Gasteiger partial charge in [-0.25, -0.2) is 8.42 Å². The van der Waals surface area contributed by atoms with E-state index in [4.69, 9.17) is 9.26 Å². The smallest absolute Gasteiger partial charge is 0.243 e. The van der Waals surface area contributed by atoms with Crippen molar-refractivity contribution < 1.29 is 22.5 Å². The number of aromatic nitrogens is 1. The molecule has 0 bridgehead atoms. The first kappa shape index (κ1) is 27.8. The van der Waals surface area contributed by atoms with Crippen LogP contribution in [-0.4, -0.2) is 68.5 Å². The number of benzene rings is 2. The largest absolute Gasteiger partial charge is 0.496 e. The predicted molar refractivity (Wildman–Crippen MR) is 144 cm³/mol. The highest BCUT2D eigenvalue weighted by atomic mass is 32.2. The normalized spacial score (nSPS) is 16.6. The predicted octanol–water partition coefficient (Wildman–Crippen LogP) is 3.29. The van der Waals surface area contributed by atoms with E-state index in [0.29, 0.717) is 45.6 Å². The van der Waals surface area contributed by atoms with Crippen molar-refractivity contribution in [2.45, 2.75) is 44.6 Å². The van der Waals surface area contributed by atoms with E-state index >= 15 is 0 Å². The fraction of sp³-hybridized carbons (Fsp3) is 0.429. The summed E-state index contributed by atoms with van der Waals surface area (Å²) in [5.74, 6) is 1.46. The molecule has 3 aromatic rings. The van der Waals surface area contributed by atoms with Crippen LogP contribution in [0.5, 0.6) is 5.75 Å². The van der Waals surface area contributed by atoms with Crippen molar-refractivity contribution in [3.63, 3.8) is 0 Å². The van der Waals surface area contributed by atoms with Gasteiger partial charge in [0.1, 0.15) is 11.5 Å². The molecule has 1 aromatic heterocycles. The van der Waals surface area contributed by atoms with Crippen molar-refractivity contribution in [1.82, 2.24) is 19.7 Å². The first-order chi connectivity index (χ1) is 18.3. The molecule has 4 rings (SSSR count). The lowest BCUT2D eigenvalue weighted by molar-refractivity contribution is -0.121. The Hall–Kier alpha value is -3.21. The van der Waals surface area contributed by atoms with Gasteiger partial charge < -0.3 is 14.6 Å². The molecule has 2 aromatic carbocycles. The van der Waals surface area contributed by atoms with E-state index < -0.39 is 10.0 Å². The number of amides is 1. The summed E-state index contributed by atoms with van der Waals surface area (Å²) < 4.78 is 38.9. The summed E-state index contributed by atoms with van der Waals surface area (Å²) in [4.78, 5) is 14.9. The second-order valence-electron chi connectivity index (χ2n) is 9.57. The Morgan fingerprint density at radius 2 is 1.84 bits per heavy atom. The van der Waals surface area contributed by atoms with Crippen molar-refractivity contribution in [3.05, 3.63) is 76.7 Å². The third-order valence-corrected chi connectivity index (χ3v) is 8.81. The Labute approximate surface area is 224 Å². The highest BCUT2D eigenvalue weighted by Crippen LogP contribution is 2.26. The van der Waals surface area contributed by atoms with Gasteiger partial charge in [0.05, 0.1) is 17.7 Å². The molecular formula is C28H36N4O5S. The second kappa shape index (κ2) is 12.6. The molecule has 0 unspecified atom stereocenters. The molecule has 2 heterocycles. The number of aryl methyl sites for hydroxylation is 2. The zero-order valence-electron chi connectivity index (χ0n) is 22.3. The molecular weight excluding hydrogens is 504 g/mol. The molecule has 0 spiro atoms. The number of nitrogens with one attached hydrogen (secondary N) is 1. The van der Waals surface area contributed by atoms with Crippen molar-refractivity contribution in [1.29, 1.82) is 0 Å². The Morgan fingerprint density at radius 1 is 1.05 bits per heavy atom. The Kier molecular flexibility index (Phi) is 9.19. The Balaban J connectivity index is 1.49. The number of ether oxygens (including phenoxy) is 1. The molecule has 9 nitrogen and oxygen atoms in total. The minimum absolute atomic E-state index is 0.135. The van der Waals surface area contributed by atoms with Gasteiger partial charge >= 0.3 is 0 Å². The van der Waals surface area contributed by atoms with Crippen LogP contribution in [0.3, 0.4) is 0 Å². The fourth-order valence-electron chi connectivity index (χ4n) is 4.77. The summed E-state index contributed by atoms with van der Waals surface area (Å²) in [7, 11) is -2.01. The van der Waals surface area contributed by atoms with E-state index in [9.17, 15) is 13.2 Å². The molecule has 1 aliphatic heterocycles. The van der Waals surface area contributed by atoms with E-state index in [1.165, 1.54) is 4.31 Å². The third-order valence-electron chi connectivity index (χ3n) is 6.90. The average molecular weight is 541 g/mol. The van der Waals surface area contributed by atoms with Crippen molar-refractivity contribution in [2.75, 3.05) is 39.8 Å². The number of nitrogens with zero attached hydrogens (tertiary/aromatic N) is 3. The van der Waals surface area contributed by atoms with Crippen LogP contribution in [0.1, 0.15) is 41.0 Å². The summed E-state index contributed by atoms with van der Waals surface area (Å²) in [5, 5.41) is 7.01. The molecule has 1 saturated heterocycles. The summed E-state index contributed by atoms with van der Waals surface area (Å²) in [6.07, 6.45) is 1.44. The molecule has 38 heavy (non-hydrogen) atoms. The molecule has 0 atom stereocenters. The zero-order valence-corrected chi connectivity index (χ0v) is 23.1. The monoisotopic (exact) mass is 540 g/mol.